The normalized spacial score (nSPS) is 10.3. The second kappa shape index (κ2) is 5.49. The van der Waals surface area contributed by atoms with Crippen LogP contribution in [-0.4, -0.2) is 10.5 Å². The average molecular weight is 327 g/mol. The number of nitrogens with one attached hydrogen (secondary N) is 1. The molecule has 0 unspecified atom stereocenters. The van der Waals surface area contributed by atoms with Crippen molar-refractivity contribution in [3.8, 4) is 0 Å². The van der Waals surface area contributed by atoms with E-state index in [9.17, 15) is 9.59 Å². The largest absolute Gasteiger partial charge is 0.325 e. The van der Waals surface area contributed by atoms with Crippen LogP contribution in [-0.2, 0) is 11.3 Å². The quantitative estimate of drug-likeness (QED) is 0.942. The average Bonchev–Trinajstić information content (AvgIpc) is 2.70. The van der Waals surface area contributed by atoms with Gasteiger partial charge >= 0.3 is 4.87 Å². The van der Waals surface area contributed by atoms with E-state index in [4.69, 9.17) is 0 Å². The van der Waals surface area contributed by atoms with Crippen LogP contribution in [0, 0.1) is 6.92 Å². The van der Waals surface area contributed by atoms with Crippen LogP contribution in [0.1, 0.15) is 5.56 Å². The molecule has 18 heavy (non-hydrogen) atoms. The summed E-state index contributed by atoms with van der Waals surface area (Å²) in [6, 6.07) is 5.56. The van der Waals surface area contributed by atoms with Gasteiger partial charge < -0.3 is 5.32 Å². The zero-order valence-electron chi connectivity index (χ0n) is 9.64. The van der Waals surface area contributed by atoms with Gasteiger partial charge in [0, 0.05) is 21.7 Å². The molecule has 1 aromatic heterocycles. The molecular weight excluding hydrogens is 316 g/mol. The summed E-state index contributed by atoms with van der Waals surface area (Å²) < 4.78 is 2.38. The molecule has 1 N–H and O–H groups in total. The van der Waals surface area contributed by atoms with Gasteiger partial charge in [-0.15, -0.1) is 0 Å². The third-order valence-electron chi connectivity index (χ3n) is 2.40. The van der Waals surface area contributed by atoms with E-state index in [2.05, 4.69) is 21.2 Å². The van der Waals surface area contributed by atoms with Crippen molar-refractivity contribution in [1.29, 1.82) is 0 Å². The highest BCUT2D eigenvalue weighted by Gasteiger charge is 2.06. The van der Waals surface area contributed by atoms with Crippen LogP contribution in [0.2, 0.25) is 0 Å². The fourth-order valence-corrected chi connectivity index (χ4v) is 2.32. The van der Waals surface area contributed by atoms with E-state index >= 15 is 0 Å². The van der Waals surface area contributed by atoms with Crippen LogP contribution >= 0.6 is 27.3 Å². The van der Waals surface area contributed by atoms with Gasteiger partial charge in [0.2, 0.25) is 5.91 Å². The molecule has 0 spiro atoms. The lowest BCUT2D eigenvalue weighted by molar-refractivity contribution is -0.116. The van der Waals surface area contributed by atoms with E-state index in [1.165, 1.54) is 4.57 Å². The Balaban J connectivity index is 2.05. The third-order valence-corrected chi connectivity index (χ3v) is 3.98. The molecule has 1 aromatic carbocycles. The predicted octanol–water partition coefficient (Wildman–Crippen LogP) is 2.62. The number of carbonyl (C=O) groups is 1. The maximum Gasteiger partial charge on any atom is 0.307 e. The smallest absolute Gasteiger partial charge is 0.307 e. The van der Waals surface area contributed by atoms with Crippen molar-refractivity contribution in [2.75, 3.05) is 5.32 Å². The summed E-state index contributed by atoms with van der Waals surface area (Å²) in [4.78, 5) is 22.9. The van der Waals surface area contributed by atoms with Crippen molar-refractivity contribution in [2.24, 2.45) is 0 Å². The number of anilines is 1. The summed E-state index contributed by atoms with van der Waals surface area (Å²) in [6.45, 7) is 1.99. The molecular formula is C12H11BrN2O2S. The predicted molar refractivity (Wildman–Crippen MR) is 76.1 cm³/mol. The fraction of sp³-hybridized carbons (Fsp3) is 0.167. The van der Waals surface area contributed by atoms with Crippen LogP contribution < -0.4 is 10.2 Å². The van der Waals surface area contributed by atoms with Crippen molar-refractivity contribution in [1.82, 2.24) is 4.57 Å². The van der Waals surface area contributed by atoms with E-state index in [0.29, 0.717) is 0 Å². The van der Waals surface area contributed by atoms with Gasteiger partial charge in [-0.3, -0.25) is 14.2 Å². The Morgan fingerprint density at radius 3 is 2.89 bits per heavy atom. The van der Waals surface area contributed by atoms with Crippen LogP contribution in [0.25, 0.3) is 0 Å². The van der Waals surface area contributed by atoms with Crippen molar-refractivity contribution >= 4 is 38.9 Å². The number of carbonyl (C=O) groups excluding carboxylic acids is 1. The Bertz CT molecular complexity index is 633. The van der Waals surface area contributed by atoms with Gasteiger partial charge in [0.15, 0.2) is 0 Å². The molecule has 0 aliphatic rings. The molecule has 4 nitrogen and oxygen atoms in total. The first-order valence-electron chi connectivity index (χ1n) is 5.26. The Hall–Kier alpha value is -1.40. The SMILES string of the molecule is Cc1cc(NC(=O)Cn2ccsc2=O)ccc1Br. The number of hydrogen-bond donors (Lipinski definition) is 1. The Morgan fingerprint density at radius 2 is 2.28 bits per heavy atom. The number of amides is 1. The molecule has 6 heteroatoms. The van der Waals surface area contributed by atoms with Gasteiger partial charge in [-0.25, -0.2) is 0 Å². The monoisotopic (exact) mass is 326 g/mol. The van der Waals surface area contributed by atoms with E-state index in [0.717, 1.165) is 27.1 Å². The van der Waals surface area contributed by atoms with Crippen LogP contribution in [0.3, 0.4) is 0 Å². The van der Waals surface area contributed by atoms with Gasteiger partial charge in [-0.05, 0) is 30.7 Å². The molecule has 0 saturated heterocycles. The molecule has 1 heterocycles. The maximum atomic E-state index is 11.8. The van der Waals surface area contributed by atoms with Gasteiger partial charge in [-0.2, -0.15) is 0 Å². The molecule has 1 amide bonds. The van der Waals surface area contributed by atoms with E-state index < -0.39 is 0 Å². The molecule has 0 bridgehead atoms. The molecule has 2 aromatic rings. The first-order chi connectivity index (χ1) is 8.56. The van der Waals surface area contributed by atoms with E-state index in [-0.39, 0.29) is 17.3 Å². The number of rotatable bonds is 3. The molecule has 2 rings (SSSR count). The lowest BCUT2D eigenvalue weighted by atomic mass is 10.2. The van der Waals surface area contributed by atoms with Crippen LogP contribution in [0.5, 0.6) is 0 Å². The molecule has 0 aliphatic heterocycles. The first-order valence-corrected chi connectivity index (χ1v) is 6.93. The number of nitrogens with zero attached hydrogens (tertiary/aromatic N) is 1. The van der Waals surface area contributed by atoms with Gasteiger partial charge in [0.25, 0.3) is 0 Å². The number of aryl methyl sites for hydroxylation is 1. The summed E-state index contributed by atoms with van der Waals surface area (Å²) in [5.41, 5.74) is 1.77. The molecule has 0 atom stereocenters. The van der Waals surface area contributed by atoms with Crippen molar-refractivity contribution in [3.05, 3.63) is 49.5 Å². The minimum Gasteiger partial charge on any atom is -0.325 e. The molecule has 0 fully saturated rings. The second-order valence-electron chi connectivity index (χ2n) is 3.81. The van der Waals surface area contributed by atoms with Gasteiger partial charge in [0.1, 0.15) is 6.54 Å². The van der Waals surface area contributed by atoms with Crippen LogP contribution in [0.4, 0.5) is 5.69 Å². The highest BCUT2D eigenvalue weighted by atomic mass is 79.9. The second-order valence-corrected chi connectivity index (χ2v) is 5.52. The lowest BCUT2D eigenvalue weighted by Gasteiger charge is -2.07. The summed E-state index contributed by atoms with van der Waals surface area (Å²) in [5, 5.41) is 4.43. The number of thiazole rings is 1. The van der Waals surface area contributed by atoms with E-state index in [1.807, 2.05) is 25.1 Å². The highest BCUT2D eigenvalue weighted by molar-refractivity contribution is 9.10. The van der Waals surface area contributed by atoms with Gasteiger partial charge in [0.05, 0.1) is 0 Å². The Kier molecular flexibility index (Phi) is 3.98. The summed E-state index contributed by atoms with van der Waals surface area (Å²) in [7, 11) is 0. The molecule has 0 saturated carbocycles. The number of benzene rings is 1. The fourth-order valence-electron chi connectivity index (χ4n) is 1.49. The van der Waals surface area contributed by atoms with E-state index in [1.54, 1.807) is 11.6 Å². The third kappa shape index (κ3) is 3.08. The van der Waals surface area contributed by atoms with Crippen molar-refractivity contribution in [2.45, 2.75) is 13.5 Å². The lowest BCUT2D eigenvalue weighted by Crippen LogP contribution is -2.23. The zero-order valence-corrected chi connectivity index (χ0v) is 12.0. The maximum absolute atomic E-state index is 11.8. The minimum absolute atomic E-state index is 0.0391. The van der Waals surface area contributed by atoms with Crippen molar-refractivity contribution < 1.29 is 4.79 Å². The zero-order chi connectivity index (χ0) is 13.1. The standard InChI is InChI=1S/C12H11BrN2O2S/c1-8-6-9(2-3-10(8)13)14-11(16)7-15-4-5-18-12(15)17/h2-6H,7H2,1H3,(H,14,16). The summed E-state index contributed by atoms with van der Waals surface area (Å²) in [6.07, 6.45) is 1.61. The minimum atomic E-state index is -0.211. The Labute approximate surface area is 116 Å². The highest BCUT2D eigenvalue weighted by Crippen LogP contribution is 2.19. The van der Waals surface area contributed by atoms with Crippen LogP contribution in [0.15, 0.2) is 39.0 Å². The molecule has 0 radical (unpaired) electrons. The van der Waals surface area contributed by atoms with Crippen molar-refractivity contribution in [3.63, 3.8) is 0 Å². The number of halogens is 1. The first kappa shape index (κ1) is 13.0. The van der Waals surface area contributed by atoms with Gasteiger partial charge in [-0.1, -0.05) is 27.3 Å². The summed E-state index contributed by atoms with van der Waals surface area (Å²) in [5.74, 6) is -0.211. The topological polar surface area (TPSA) is 51.1 Å². The number of hydrogen-bond acceptors (Lipinski definition) is 3. The number of aromatic nitrogens is 1. The Morgan fingerprint density at radius 1 is 1.50 bits per heavy atom. The molecule has 94 valence electrons. The molecule has 0 aliphatic carbocycles. The summed E-state index contributed by atoms with van der Waals surface area (Å²) >= 11 is 4.48.